The Kier molecular flexibility index (Phi) is 3.19. The molecule has 0 radical (unpaired) electrons. The molecule has 2 saturated carbocycles. The van der Waals surface area contributed by atoms with E-state index in [9.17, 15) is 0 Å². The zero-order chi connectivity index (χ0) is 14.4. The summed E-state index contributed by atoms with van der Waals surface area (Å²) in [6, 6.07) is 8.94. The summed E-state index contributed by atoms with van der Waals surface area (Å²) in [5, 5.41) is 0. The van der Waals surface area contributed by atoms with E-state index in [1.165, 1.54) is 48.1 Å². The second-order valence-corrected chi connectivity index (χ2v) is 7.64. The second kappa shape index (κ2) is 4.65. The van der Waals surface area contributed by atoms with Crippen molar-refractivity contribution in [2.45, 2.75) is 70.8 Å². The van der Waals surface area contributed by atoms with Crippen LogP contribution in [-0.2, 0) is 16.6 Å². The standard InChI is InChI=1S/C19H26O/c1-18(2,3)20-17(14-9-10-14)13-15-7-5-6-8-16(15)19(4)11-12-19/h5-8H,9-13H2,1-4H3. The molecule has 0 amide bonds. The van der Waals surface area contributed by atoms with Gasteiger partial charge in [0.05, 0.1) is 0 Å². The van der Waals surface area contributed by atoms with Crippen molar-refractivity contribution in [3.8, 4) is 0 Å². The first kappa shape index (κ1) is 13.7. The molecular weight excluding hydrogens is 244 g/mol. The molecule has 2 fully saturated rings. The molecule has 2 aliphatic rings. The van der Waals surface area contributed by atoms with Crippen LogP contribution < -0.4 is 0 Å². The Balaban J connectivity index is 1.85. The quantitative estimate of drug-likeness (QED) is 0.688. The van der Waals surface area contributed by atoms with Gasteiger partial charge >= 0.3 is 0 Å². The van der Waals surface area contributed by atoms with Crippen LogP contribution in [0.25, 0.3) is 0 Å². The average molecular weight is 270 g/mol. The Labute approximate surface area is 123 Å². The molecule has 0 aliphatic heterocycles. The lowest BCUT2D eigenvalue weighted by Gasteiger charge is -2.25. The topological polar surface area (TPSA) is 9.23 Å². The molecule has 1 aromatic carbocycles. The summed E-state index contributed by atoms with van der Waals surface area (Å²) < 4.78 is 6.23. The summed E-state index contributed by atoms with van der Waals surface area (Å²) in [6.45, 7) is 8.82. The van der Waals surface area contributed by atoms with Gasteiger partial charge in [0.15, 0.2) is 0 Å². The normalized spacial score (nSPS) is 19.7. The first-order valence-electron chi connectivity index (χ1n) is 7.86. The third-order valence-electron chi connectivity index (χ3n) is 4.34. The van der Waals surface area contributed by atoms with Gasteiger partial charge in [-0.1, -0.05) is 31.2 Å². The van der Waals surface area contributed by atoms with Crippen LogP contribution in [0.1, 0.15) is 64.5 Å². The van der Waals surface area contributed by atoms with Crippen LogP contribution in [0.3, 0.4) is 0 Å². The zero-order valence-corrected chi connectivity index (χ0v) is 13.3. The molecule has 108 valence electrons. The predicted molar refractivity (Wildman–Crippen MR) is 83.8 cm³/mol. The van der Waals surface area contributed by atoms with Crippen molar-refractivity contribution < 1.29 is 4.74 Å². The van der Waals surface area contributed by atoms with E-state index in [-0.39, 0.29) is 5.60 Å². The van der Waals surface area contributed by atoms with Gasteiger partial charge in [-0.05, 0) is 68.6 Å². The van der Waals surface area contributed by atoms with E-state index in [0.717, 1.165) is 6.42 Å². The average Bonchev–Trinajstić information content (AvgIpc) is 3.22. The third kappa shape index (κ3) is 3.08. The minimum Gasteiger partial charge on any atom is -0.492 e. The molecule has 2 aliphatic carbocycles. The van der Waals surface area contributed by atoms with E-state index in [0.29, 0.717) is 5.41 Å². The highest BCUT2D eigenvalue weighted by molar-refractivity contribution is 5.40. The lowest BCUT2D eigenvalue weighted by Crippen LogP contribution is -2.20. The first-order chi connectivity index (χ1) is 9.37. The SMILES string of the molecule is CC(C)(C)OC(Cc1ccccc1C1(C)CC1)=C1CC1. The third-order valence-corrected chi connectivity index (χ3v) is 4.34. The van der Waals surface area contributed by atoms with E-state index < -0.39 is 0 Å². The van der Waals surface area contributed by atoms with E-state index in [2.05, 4.69) is 52.0 Å². The monoisotopic (exact) mass is 270 g/mol. The highest BCUT2D eigenvalue weighted by Gasteiger charge is 2.40. The van der Waals surface area contributed by atoms with Crippen LogP contribution in [0.2, 0.25) is 0 Å². The highest BCUT2D eigenvalue weighted by atomic mass is 16.5. The van der Waals surface area contributed by atoms with Gasteiger partial charge in [-0.3, -0.25) is 0 Å². The van der Waals surface area contributed by atoms with Crippen LogP contribution >= 0.6 is 0 Å². The molecule has 0 unspecified atom stereocenters. The summed E-state index contributed by atoms with van der Waals surface area (Å²) in [6.07, 6.45) is 6.08. The van der Waals surface area contributed by atoms with Crippen molar-refractivity contribution in [2.75, 3.05) is 0 Å². The number of allylic oxidation sites excluding steroid dienone is 2. The van der Waals surface area contributed by atoms with Crippen LogP contribution in [0.15, 0.2) is 35.6 Å². The van der Waals surface area contributed by atoms with Crippen molar-refractivity contribution in [2.24, 2.45) is 0 Å². The summed E-state index contributed by atoms with van der Waals surface area (Å²) in [4.78, 5) is 0. The molecule has 0 spiro atoms. The lowest BCUT2D eigenvalue weighted by atomic mass is 9.91. The molecule has 3 rings (SSSR count). The second-order valence-electron chi connectivity index (χ2n) is 7.64. The van der Waals surface area contributed by atoms with Gasteiger partial charge in [-0.2, -0.15) is 0 Å². The number of hydrogen-bond acceptors (Lipinski definition) is 1. The smallest absolute Gasteiger partial charge is 0.100 e. The van der Waals surface area contributed by atoms with E-state index in [1.54, 1.807) is 0 Å². The maximum Gasteiger partial charge on any atom is 0.100 e. The van der Waals surface area contributed by atoms with Gasteiger partial charge in [0.2, 0.25) is 0 Å². The van der Waals surface area contributed by atoms with Gasteiger partial charge in [-0.15, -0.1) is 0 Å². The van der Waals surface area contributed by atoms with Crippen LogP contribution in [0.5, 0.6) is 0 Å². The van der Waals surface area contributed by atoms with E-state index in [4.69, 9.17) is 4.74 Å². The Morgan fingerprint density at radius 2 is 1.80 bits per heavy atom. The fourth-order valence-electron chi connectivity index (χ4n) is 2.84. The molecule has 1 heteroatoms. The Bertz CT molecular complexity index is 535. The molecule has 0 aromatic heterocycles. The largest absolute Gasteiger partial charge is 0.492 e. The lowest BCUT2D eigenvalue weighted by molar-refractivity contribution is 0.0480. The molecular formula is C19H26O. The van der Waals surface area contributed by atoms with Crippen LogP contribution in [0, 0.1) is 0 Å². The summed E-state index contributed by atoms with van der Waals surface area (Å²) in [5.41, 5.74) is 4.86. The molecule has 0 bridgehead atoms. The number of rotatable bonds is 4. The van der Waals surface area contributed by atoms with Gasteiger partial charge in [0.25, 0.3) is 0 Å². The summed E-state index contributed by atoms with van der Waals surface area (Å²) >= 11 is 0. The molecule has 0 atom stereocenters. The predicted octanol–water partition coefficient (Wildman–Crippen LogP) is 5.14. The number of hydrogen-bond donors (Lipinski definition) is 0. The number of benzene rings is 1. The van der Waals surface area contributed by atoms with Crippen molar-refractivity contribution in [3.05, 3.63) is 46.7 Å². The molecule has 1 nitrogen and oxygen atoms in total. The fraction of sp³-hybridized carbons (Fsp3) is 0.579. The molecule has 0 N–H and O–H groups in total. The van der Waals surface area contributed by atoms with Gasteiger partial charge in [0, 0.05) is 6.42 Å². The van der Waals surface area contributed by atoms with Crippen LogP contribution in [-0.4, -0.2) is 5.60 Å². The van der Waals surface area contributed by atoms with Crippen LogP contribution in [0.4, 0.5) is 0 Å². The van der Waals surface area contributed by atoms with Crippen molar-refractivity contribution in [1.29, 1.82) is 0 Å². The fourth-order valence-corrected chi connectivity index (χ4v) is 2.84. The van der Waals surface area contributed by atoms with Gasteiger partial charge in [-0.25, -0.2) is 0 Å². The minimum atomic E-state index is -0.0939. The molecule has 0 heterocycles. The van der Waals surface area contributed by atoms with E-state index >= 15 is 0 Å². The van der Waals surface area contributed by atoms with Crippen molar-refractivity contribution in [1.82, 2.24) is 0 Å². The maximum atomic E-state index is 6.23. The van der Waals surface area contributed by atoms with Gasteiger partial charge < -0.3 is 4.74 Å². The highest BCUT2D eigenvalue weighted by Crippen LogP contribution is 2.49. The summed E-state index contributed by atoms with van der Waals surface area (Å²) in [7, 11) is 0. The van der Waals surface area contributed by atoms with E-state index in [1.807, 2.05) is 0 Å². The molecule has 0 saturated heterocycles. The van der Waals surface area contributed by atoms with Gasteiger partial charge in [0.1, 0.15) is 11.4 Å². The molecule has 20 heavy (non-hydrogen) atoms. The Morgan fingerprint density at radius 3 is 2.35 bits per heavy atom. The van der Waals surface area contributed by atoms with Crippen molar-refractivity contribution >= 4 is 0 Å². The maximum absolute atomic E-state index is 6.23. The minimum absolute atomic E-state index is 0.0939. The number of ether oxygens (including phenoxy) is 1. The molecule has 1 aromatic rings. The van der Waals surface area contributed by atoms with Crippen molar-refractivity contribution in [3.63, 3.8) is 0 Å². The Morgan fingerprint density at radius 1 is 1.15 bits per heavy atom. The first-order valence-corrected chi connectivity index (χ1v) is 7.86. The Hall–Kier alpha value is -1.24. The summed E-state index contributed by atoms with van der Waals surface area (Å²) in [5.74, 6) is 1.23. The zero-order valence-electron chi connectivity index (χ0n) is 13.3.